The van der Waals surface area contributed by atoms with Crippen molar-refractivity contribution in [2.45, 2.75) is 43.5 Å². The second kappa shape index (κ2) is 5.55. The quantitative estimate of drug-likeness (QED) is 0.870. The van der Waals surface area contributed by atoms with E-state index in [1.165, 1.54) is 24.8 Å². The van der Waals surface area contributed by atoms with E-state index in [1.54, 1.807) is 0 Å². The number of nitrogens with one attached hydrogen (secondary N) is 1. The van der Waals surface area contributed by atoms with Crippen molar-refractivity contribution in [2.24, 2.45) is 5.92 Å². The number of rotatable bonds is 3. The Kier molecular flexibility index (Phi) is 4.25. The zero-order chi connectivity index (χ0) is 13.2. The van der Waals surface area contributed by atoms with Gasteiger partial charge in [0.25, 0.3) is 0 Å². The Labute approximate surface area is 113 Å². The molecule has 100 valence electrons. The molecule has 1 saturated carbocycles. The topological polar surface area (TPSA) is 59.1 Å². The van der Waals surface area contributed by atoms with Gasteiger partial charge in [-0.1, -0.05) is 31.4 Å². The third-order valence-corrected chi connectivity index (χ3v) is 5.00. The smallest absolute Gasteiger partial charge is 0.242 e. The van der Waals surface area contributed by atoms with Crippen molar-refractivity contribution in [1.82, 2.24) is 9.71 Å². The van der Waals surface area contributed by atoms with Crippen LogP contribution in [0, 0.1) is 5.92 Å². The first kappa shape index (κ1) is 13.8. The number of aromatic nitrogens is 1. The molecule has 1 aliphatic carbocycles. The monoisotopic (exact) mass is 288 g/mol. The van der Waals surface area contributed by atoms with Gasteiger partial charge in [-0.2, -0.15) is 0 Å². The number of sulfonamides is 1. The molecule has 0 spiro atoms. The lowest BCUT2D eigenvalue weighted by molar-refractivity contribution is 0.327. The predicted octanol–water partition coefficient (Wildman–Crippen LogP) is 2.59. The van der Waals surface area contributed by atoms with E-state index in [4.69, 9.17) is 11.6 Å². The lowest BCUT2D eigenvalue weighted by Gasteiger charge is -2.27. The van der Waals surface area contributed by atoms with E-state index in [0.29, 0.717) is 11.1 Å². The highest BCUT2D eigenvalue weighted by Gasteiger charge is 2.24. The number of halogens is 1. The van der Waals surface area contributed by atoms with Crippen LogP contribution in [0.3, 0.4) is 0 Å². The first-order valence-electron chi connectivity index (χ1n) is 6.11. The number of hydrogen-bond donors (Lipinski definition) is 1. The van der Waals surface area contributed by atoms with Gasteiger partial charge >= 0.3 is 0 Å². The van der Waals surface area contributed by atoms with E-state index < -0.39 is 10.0 Å². The van der Waals surface area contributed by atoms with E-state index in [1.807, 2.05) is 0 Å². The maximum absolute atomic E-state index is 12.1. The van der Waals surface area contributed by atoms with Gasteiger partial charge in [0, 0.05) is 12.2 Å². The van der Waals surface area contributed by atoms with Crippen molar-refractivity contribution in [1.29, 1.82) is 0 Å². The zero-order valence-electron chi connectivity index (χ0n) is 10.3. The van der Waals surface area contributed by atoms with Crippen molar-refractivity contribution in [3.63, 3.8) is 0 Å². The van der Waals surface area contributed by atoms with Crippen molar-refractivity contribution in [3.05, 3.63) is 23.5 Å². The summed E-state index contributed by atoms with van der Waals surface area (Å²) in [4.78, 5) is 3.97. The van der Waals surface area contributed by atoms with E-state index in [0.717, 1.165) is 19.3 Å². The van der Waals surface area contributed by atoms with Gasteiger partial charge in [0.15, 0.2) is 0 Å². The van der Waals surface area contributed by atoms with Crippen LogP contribution in [0.25, 0.3) is 0 Å². The van der Waals surface area contributed by atoms with Crippen molar-refractivity contribution in [3.8, 4) is 0 Å². The molecule has 1 aromatic rings. The van der Waals surface area contributed by atoms with Gasteiger partial charge in [0.2, 0.25) is 10.0 Å². The molecule has 0 aliphatic heterocycles. The number of nitrogens with zero attached hydrogens (tertiary/aromatic N) is 1. The molecule has 0 radical (unpaired) electrons. The molecule has 0 saturated heterocycles. The summed E-state index contributed by atoms with van der Waals surface area (Å²) in [6.07, 6.45) is 5.36. The summed E-state index contributed by atoms with van der Waals surface area (Å²) < 4.78 is 27.0. The fourth-order valence-electron chi connectivity index (χ4n) is 2.35. The van der Waals surface area contributed by atoms with Gasteiger partial charge in [-0.15, -0.1) is 0 Å². The minimum absolute atomic E-state index is 0.0365. The number of hydrogen-bond acceptors (Lipinski definition) is 3. The number of pyridine rings is 1. The lowest BCUT2D eigenvalue weighted by atomic mass is 9.88. The van der Waals surface area contributed by atoms with Gasteiger partial charge in [-0.3, -0.25) is 0 Å². The molecule has 2 unspecified atom stereocenters. The van der Waals surface area contributed by atoms with E-state index in [-0.39, 0.29) is 10.9 Å². The van der Waals surface area contributed by atoms with Gasteiger partial charge in [0.1, 0.15) is 10.0 Å². The van der Waals surface area contributed by atoms with Crippen molar-refractivity contribution < 1.29 is 8.42 Å². The van der Waals surface area contributed by atoms with Crippen LogP contribution >= 0.6 is 11.6 Å². The molecule has 6 heteroatoms. The molecular weight excluding hydrogens is 272 g/mol. The first-order valence-corrected chi connectivity index (χ1v) is 7.97. The summed E-state index contributed by atoms with van der Waals surface area (Å²) in [5, 5.41) is 0.292. The second-order valence-corrected chi connectivity index (χ2v) is 7.01. The Bertz CT molecular complexity index is 501. The molecule has 1 aromatic heterocycles. The second-order valence-electron chi connectivity index (χ2n) is 4.91. The third-order valence-electron chi connectivity index (χ3n) is 3.27. The molecule has 4 nitrogen and oxygen atoms in total. The Hall–Kier alpha value is -0.650. The van der Waals surface area contributed by atoms with E-state index in [9.17, 15) is 8.42 Å². The van der Waals surface area contributed by atoms with E-state index >= 15 is 0 Å². The predicted molar refractivity (Wildman–Crippen MR) is 71.0 cm³/mol. The normalized spacial score (nSPS) is 25.0. The summed E-state index contributed by atoms with van der Waals surface area (Å²) in [5.41, 5.74) is 0. The largest absolute Gasteiger partial charge is 0.243 e. The van der Waals surface area contributed by atoms with Crippen molar-refractivity contribution >= 4 is 21.6 Å². The van der Waals surface area contributed by atoms with Gasteiger partial charge < -0.3 is 0 Å². The minimum atomic E-state index is -3.47. The Morgan fingerprint density at radius 2 is 2.17 bits per heavy atom. The van der Waals surface area contributed by atoms with Crippen molar-refractivity contribution in [2.75, 3.05) is 0 Å². The molecule has 1 aliphatic rings. The van der Waals surface area contributed by atoms with Crippen LogP contribution in [0.2, 0.25) is 5.15 Å². The highest BCUT2D eigenvalue weighted by Crippen LogP contribution is 2.24. The Morgan fingerprint density at radius 1 is 1.39 bits per heavy atom. The Balaban J connectivity index is 2.09. The molecule has 2 rings (SSSR count). The summed E-state index contributed by atoms with van der Waals surface area (Å²) in [7, 11) is -3.47. The molecule has 0 amide bonds. The molecule has 2 atom stereocenters. The van der Waals surface area contributed by atoms with Crippen LogP contribution in [0.15, 0.2) is 23.2 Å². The fourth-order valence-corrected chi connectivity index (χ4v) is 3.69. The van der Waals surface area contributed by atoms with Crippen LogP contribution in [0.1, 0.15) is 32.6 Å². The fraction of sp³-hybridized carbons (Fsp3) is 0.583. The van der Waals surface area contributed by atoms with Crippen LogP contribution in [0.4, 0.5) is 0 Å². The van der Waals surface area contributed by atoms with Gasteiger partial charge in [-0.25, -0.2) is 18.1 Å². The van der Waals surface area contributed by atoms with E-state index in [2.05, 4.69) is 16.6 Å². The maximum Gasteiger partial charge on any atom is 0.242 e. The van der Waals surface area contributed by atoms with Crippen LogP contribution in [-0.2, 0) is 10.0 Å². The molecule has 0 bridgehead atoms. The molecule has 1 heterocycles. The van der Waals surface area contributed by atoms with Gasteiger partial charge in [0.05, 0.1) is 0 Å². The van der Waals surface area contributed by atoms with Crippen LogP contribution in [0.5, 0.6) is 0 Å². The van der Waals surface area contributed by atoms with Crippen LogP contribution < -0.4 is 4.72 Å². The average Bonchev–Trinajstić information content (AvgIpc) is 2.29. The SMILES string of the molecule is CC1CCCC(NS(=O)(=O)c2ccc(Cl)nc2)C1. The highest BCUT2D eigenvalue weighted by molar-refractivity contribution is 7.89. The first-order chi connectivity index (χ1) is 8.47. The molecule has 0 aromatic carbocycles. The highest BCUT2D eigenvalue weighted by atomic mass is 35.5. The van der Waals surface area contributed by atoms with Crippen LogP contribution in [-0.4, -0.2) is 19.4 Å². The maximum atomic E-state index is 12.1. The standard InChI is InChI=1S/C12H17ClN2O2S/c1-9-3-2-4-10(7-9)15-18(16,17)11-5-6-12(13)14-8-11/h5-6,8-10,15H,2-4,7H2,1H3. The Morgan fingerprint density at radius 3 is 2.78 bits per heavy atom. The average molecular weight is 289 g/mol. The molecule has 18 heavy (non-hydrogen) atoms. The van der Waals surface area contributed by atoms with Gasteiger partial charge in [-0.05, 0) is 30.9 Å². The summed E-state index contributed by atoms with van der Waals surface area (Å²) in [6, 6.07) is 3.00. The zero-order valence-corrected chi connectivity index (χ0v) is 11.8. The summed E-state index contributed by atoms with van der Waals surface area (Å²) in [5.74, 6) is 0.579. The lowest BCUT2D eigenvalue weighted by Crippen LogP contribution is -2.37. The third kappa shape index (κ3) is 3.43. The minimum Gasteiger partial charge on any atom is -0.243 e. The summed E-state index contributed by atoms with van der Waals surface area (Å²) in [6.45, 7) is 2.16. The molecular formula is C12H17ClN2O2S. The summed E-state index contributed by atoms with van der Waals surface area (Å²) >= 11 is 5.65. The molecule has 1 N–H and O–H groups in total. The molecule has 1 fully saturated rings.